The molecule has 0 aromatic heterocycles. The number of ether oxygens (including phenoxy) is 2. The normalized spacial score (nSPS) is 14.3. The fourth-order valence-corrected chi connectivity index (χ4v) is 3.35. The lowest BCUT2D eigenvalue weighted by Gasteiger charge is -2.36. The molecule has 1 saturated heterocycles. The first-order valence-electron chi connectivity index (χ1n) is 9.24. The van der Waals surface area contributed by atoms with Gasteiger partial charge in [0.25, 0.3) is 0 Å². The molecule has 0 atom stereocenters. The highest BCUT2D eigenvalue weighted by Crippen LogP contribution is 2.30. The second kappa shape index (κ2) is 9.24. The predicted molar refractivity (Wildman–Crippen MR) is 110 cm³/mol. The third-order valence-corrected chi connectivity index (χ3v) is 4.83. The highest BCUT2D eigenvalue weighted by atomic mass is 16.6. The average molecular weight is 400 g/mol. The predicted octanol–water partition coefficient (Wildman–Crippen LogP) is 2.37. The van der Waals surface area contributed by atoms with Crippen LogP contribution in [0.25, 0.3) is 0 Å². The molecule has 1 heterocycles. The highest BCUT2D eigenvalue weighted by molar-refractivity contribution is 5.92. The minimum absolute atomic E-state index is 0.109. The van der Waals surface area contributed by atoms with E-state index in [0.29, 0.717) is 5.69 Å². The molecule has 0 radical (unpaired) electrons. The van der Waals surface area contributed by atoms with Gasteiger partial charge in [-0.3, -0.25) is 19.8 Å². The summed E-state index contributed by atoms with van der Waals surface area (Å²) in [5.74, 6) is 0.774. The van der Waals surface area contributed by atoms with Crippen molar-refractivity contribution >= 4 is 23.0 Å². The van der Waals surface area contributed by atoms with E-state index in [2.05, 4.69) is 15.1 Å². The number of nitrogens with one attached hydrogen (secondary N) is 1. The maximum atomic E-state index is 12.4. The van der Waals surface area contributed by atoms with Gasteiger partial charge in [0.1, 0.15) is 5.75 Å². The van der Waals surface area contributed by atoms with Crippen LogP contribution in [0, 0.1) is 10.1 Å². The van der Waals surface area contributed by atoms with Gasteiger partial charge in [-0.2, -0.15) is 0 Å². The maximum Gasteiger partial charge on any atom is 0.311 e. The molecule has 2 aromatic rings. The standard InChI is InChI=1S/C20H24N4O5/c1-28-18-6-4-3-5-16(18)23-11-9-22(10-12-23)14-20(25)21-15-7-8-17(24(26)27)19(13-15)29-2/h3-8,13H,9-12,14H2,1-2H3,(H,21,25). The summed E-state index contributed by atoms with van der Waals surface area (Å²) in [6.07, 6.45) is 0. The fourth-order valence-electron chi connectivity index (χ4n) is 3.35. The van der Waals surface area contributed by atoms with Crippen molar-refractivity contribution in [2.45, 2.75) is 0 Å². The summed E-state index contributed by atoms with van der Waals surface area (Å²) in [7, 11) is 3.02. The molecule has 0 saturated carbocycles. The van der Waals surface area contributed by atoms with Gasteiger partial charge in [-0.05, 0) is 18.2 Å². The molecule has 1 N–H and O–H groups in total. The molecular weight excluding hydrogens is 376 g/mol. The Morgan fingerprint density at radius 1 is 1.07 bits per heavy atom. The molecule has 9 nitrogen and oxygen atoms in total. The van der Waals surface area contributed by atoms with Crippen LogP contribution in [0.15, 0.2) is 42.5 Å². The van der Waals surface area contributed by atoms with Crippen LogP contribution < -0.4 is 19.7 Å². The lowest BCUT2D eigenvalue weighted by molar-refractivity contribution is -0.385. The largest absolute Gasteiger partial charge is 0.495 e. The average Bonchev–Trinajstić information content (AvgIpc) is 2.74. The van der Waals surface area contributed by atoms with E-state index in [0.717, 1.165) is 37.6 Å². The Hall–Kier alpha value is -3.33. The number of piperazine rings is 1. The number of anilines is 2. The summed E-state index contributed by atoms with van der Waals surface area (Å²) in [6.45, 7) is 3.32. The maximum absolute atomic E-state index is 12.4. The quantitative estimate of drug-likeness (QED) is 0.563. The van der Waals surface area contributed by atoms with Gasteiger partial charge in [0.15, 0.2) is 5.75 Å². The summed E-state index contributed by atoms with van der Waals surface area (Å²) < 4.78 is 10.5. The molecule has 9 heteroatoms. The molecule has 1 aliphatic rings. The van der Waals surface area contributed by atoms with Crippen LogP contribution in [-0.2, 0) is 4.79 Å². The molecule has 0 unspecified atom stereocenters. The van der Waals surface area contributed by atoms with E-state index < -0.39 is 4.92 Å². The topological polar surface area (TPSA) is 97.2 Å². The van der Waals surface area contributed by atoms with Crippen LogP contribution in [-0.4, -0.2) is 62.7 Å². The molecule has 1 aliphatic heterocycles. The molecule has 0 aliphatic carbocycles. The Balaban J connectivity index is 1.54. The van der Waals surface area contributed by atoms with E-state index in [-0.39, 0.29) is 23.9 Å². The van der Waals surface area contributed by atoms with E-state index >= 15 is 0 Å². The van der Waals surface area contributed by atoms with Crippen LogP contribution in [0.4, 0.5) is 17.1 Å². The van der Waals surface area contributed by atoms with E-state index in [4.69, 9.17) is 9.47 Å². The second-order valence-corrected chi connectivity index (χ2v) is 6.63. The number of nitro groups is 1. The van der Waals surface area contributed by atoms with E-state index in [1.165, 1.54) is 25.3 Å². The van der Waals surface area contributed by atoms with Gasteiger partial charge >= 0.3 is 5.69 Å². The zero-order chi connectivity index (χ0) is 20.8. The van der Waals surface area contributed by atoms with Gasteiger partial charge in [0.2, 0.25) is 5.91 Å². The van der Waals surface area contributed by atoms with Crippen LogP contribution in [0.1, 0.15) is 0 Å². The Labute approximate surface area is 169 Å². The lowest BCUT2D eigenvalue weighted by atomic mass is 10.2. The number of nitrogens with zero attached hydrogens (tertiary/aromatic N) is 3. The number of methoxy groups -OCH3 is 2. The SMILES string of the molecule is COc1ccccc1N1CCN(CC(=O)Nc2ccc([N+](=O)[O-])c(OC)c2)CC1. The van der Waals surface area contributed by atoms with Gasteiger partial charge in [-0.15, -0.1) is 0 Å². The Kier molecular flexibility index (Phi) is 6.50. The van der Waals surface area contributed by atoms with Crippen molar-refractivity contribution in [3.63, 3.8) is 0 Å². The molecule has 154 valence electrons. The first-order chi connectivity index (χ1) is 14.0. The van der Waals surface area contributed by atoms with Crippen LogP contribution in [0.3, 0.4) is 0 Å². The first-order valence-corrected chi connectivity index (χ1v) is 9.24. The number of rotatable bonds is 7. The number of carbonyl (C=O) groups excluding carboxylic acids is 1. The van der Waals surface area contributed by atoms with Crippen LogP contribution >= 0.6 is 0 Å². The van der Waals surface area contributed by atoms with Gasteiger partial charge < -0.3 is 19.7 Å². The lowest BCUT2D eigenvalue weighted by Crippen LogP contribution is -2.48. The van der Waals surface area contributed by atoms with Gasteiger partial charge in [-0.1, -0.05) is 12.1 Å². The fraction of sp³-hybridized carbons (Fsp3) is 0.350. The van der Waals surface area contributed by atoms with Crippen molar-refractivity contribution in [1.29, 1.82) is 0 Å². The minimum Gasteiger partial charge on any atom is -0.495 e. The summed E-state index contributed by atoms with van der Waals surface area (Å²) in [4.78, 5) is 27.2. The van der Waals surface area contributed by atoms with Gasteiger partial charge in [0, 0.05) is 44.0 Å². The molecule has 0 bridgehead atoms. The van der Waals surface area contributed by atoms with Gasteiger partial charge in [0.05, 0.1) is 31.4 Å². The monoisotopic (exact) mass is 400 g/mol. The Morgan fingerprint density at radius 2 is 1.76 bits per heavy atom. The van der Waals surface area contributed by atoms with Crippen molar-refractivity contribution in [1.82, 2.24) is 4.90 Å². The summed E-state index contributed by atoms with van der Waals surface area (Å²) in [5, 5.41) is 13.7. The Morgan fingerprint density at radius 3 is 2.41 bits per heavy atom. The molecule has 2 aromatic carbocycles. The molecule has 1 fully saturated rings. The van der Waals surface area contributed by atoms with Crippen molar-refractivity contribution in [3.05, 3.63) is 52.6 Å². The van der Waals surface area contributed by atoms with E-state index in [1.54, 1.807) is 7.11 Å². The summed E-state index contributed by atoms with van der Waals surface area (Å²) in [6, 6.07) is 12.2. The number of benzene rings is 2. The van der Waals surface area contributed by atoms with Gasteiger partial charge in [-0.25, -0.2) is 0 Å². The number of hydrogen-bond donors (Lipinski definition) is 1. The van der Waals surface area contributed by atoms with E-state index in [1.807, 2.05) is 24.3 Å². The summed E-state index contributed by atoms with van der Waals surface area (Å²) >= 11 is 0. The third kappa shape index (κ3) is 4.94. The molecular formula is C20H24N4O5. The third-order valence-electron chi connectivity index (χ3n) is 4.83. The molecule has 29 heavy (non-hydrogen) atoms. The number of carbonyl (C=O) groups is 1. The van der Waals surface area contributed by atoms with Crippen molar-refractivity contribution < 1.29 is 19.2 Å². The molecule has 3 rings (SSSR count). The second-order valence-electron chi connectivity index (χ2n) is 6.63. The van der Waals surface area contributed by atoms with Crippen LogP contribution in [0.5, 0.6) is 11.5 Å². The van der Waals surface area contributed by atoms with Crippen LogP contribution in [0.2, 0.25) is 0 Å². The zero-order valence-corrected chi connectivity index (χ0v) is 16.5. The van der Waals surface area contributed by atoms with Crippen molar-refractivity contribution in [3.8, 4) is 11.5 Å². The zero-order valence-electron chi connectivity index (χ0n) is 16.5. The van der Waals surface area contributed by atoms with E-state index in [9.17, 15) is 14.9 Å². The smallest absolute Gasteiger partial charge is 0.311 e. The van der Waals surface area contributed by atoms with Crippen molar-refractivity contribution in [2.75, 3.05) is 57.2 Å². The number of amides is 1. The summed E-state index contributed by atoms with van der Waals surface area (Å²) in [5.41, 5.74) is 1.38. The molecule has 0 spiro atoms. The minimum atomic E-state index is -0.522. The first kappa shape index (κ1) is 20.4. The number of hydrogen-bond acceptors (Lipinski definition) is 7. The number of para-hydroxylation sites is 2. The Bertz CT molecular complexity index is 881. The molecule has 1 amide bonds. The highest BCUT2D eigenvalue weighted by Gasteiger charge is 2.21. The van der Waals surface area contributed by atoms with Crippen molar-refractivity contribution in [2.24, 2.45) is 0 Å². The number of nitro benzene ring substituents is 1.